The molecule has 0 radical (unpaired) electrons. The molecule has 1 saturated heterocycles. The molecule has 0 aliphatic carbocycles. The molecule has 1 aliphatic heterocycles. The van der Waals surface area contributed by atoms with Gasteiger partial charge in [0.1, 0.15) is 11.6 Å². The van der Waals surface area contributed by atoms with Crippen molar-refractivity contribution in [1.29, 1.82) is 0 Å². The Morgan fingerprint density at radius 2 is 1.72 bits per heavy atom. The van der Waals surface area contributed by atoms with Crippen LogP contribution in [0.1, 0.15) is 10.4 Å². The normalized spacial score (nSPS) is 14.6. The number of fused-ring (bicyclic) bond motifs is 1. The van der Waals surface area contributed by atoms with Gasteiger partial charge in [-0.25, -0.2) is 9.97 Å². The summed E-state index contributed by atoms with van der Waals surface area (Å²) in [6, 6.07) is 11.8. The van der Waals surface area contributed by atoms with E-state index in [0.717, 1.165) is 53.9 Å². The van der Waals surface area contributed by atoms with Crippen LogP contribution in [0.4, 0.5) is 11.6 Å². The number of hydrogen-bond donors (Lipinski definition) is 1. The molecule has 4 aromatic rings. The highest BCUT2D eigenvalue weighted by molar-refractivity contribution is 6.04. The molecular weight excluding hydrogens is 402 g/mol. The fourth-order valence-corrected chi connectivity index (χ4v) is 3.89. The van der Waals surface area contributed by atoms with Crippen molar-refractivity contribution in [2.75, 3.05) is 43.4 Å². The Kier molecular flexibility index (Phi) is 5.28. The van der Waals surface area contributed by atoms with E-state index < -0.39 is 0 Å². The van der Waals surface area contributed by atoms with E-state index in [0.29, 0.717) is 11.4 Å². The lowest BCUT2D eigenvalue weighted by Crippen LogP contribution is -2.44. The van der Waals surface area contributed by atoms with Crippen LogP contribution < -0.4 is 10.2 Å². The SMILES string of the molecule is CN1CCN(c2ccc(C(=O)Nc3cc4cc(-c5cnn(C)c5)ccc4cn3)cn2)CC1. The third kappa shape index (κ3) is 4.17. The molecule has 1 fully saturated rings. The van der Waals surface area contributed by atoms with Gasteiger partial charge in [0.2, 0.25) is 0 Å². The molecule has 0 unspecified atom stereocenters. The molecule has 3 aromatic heterocycles. The van der Waals surface area contributed by atoms with Gasteiger partial charge in [0.25, 0.3) is 5.91 Å². The molecule has 0 bridgehead atoms. The maximum atomic E-state index is 12.7. The average molecular weight is 428 g/mol. The summed E-state index contributed by atoms with van der Waals surface area (Å²) in [6.07, 6.45) is 7.21. The van der Waals surface area contributed by atoms with E-state index in [-0.39, 0.29) is 5.91 Å². The summed E-state index contributed by atoms with van der Waals surface area (Å²) in [6.45, 7) is 3.91. The second-order valence-corrected chi connectivity index (χ2v) is 8.18. The van der Waals surface area contributed by atoms with Crippen molar-refractivity contribution in [2.24, 2.45) is 7.05 Å². The van der Waals surface area contributed by atoms with Crippen LogP contribution in [0.25, 0.3) is 21.9 Å². The second-order valence-electron chi connectivity index (χ2n) is 8.18. The number of hydrogen-bond acceptors (Lipinski definition) is 6. The van der Waals surface area contributed by atoms with Gasteiger partial charge < -0.3 is 15.1 Å². The Hall–Kier alpha value is -3.78. The lowest BCUT2D eigenvalue weighted by atomic mass is 10.1. The Morgan fingerprint density at radius 3 is 2.44 bits per heavy atom. The third-order valence-electron chi connectivity index (χ3n) is 5.84. The van der Waals surface area contributed by atoms with Gasteiger partial charge in [0.05, 0.1) is 11.8 Å². The number of rotatable bonds is 4. The van der Waals surface area contributed by atoms with E-state index in [2.05, 4.69) is 43.3 Å². The van der Waals surface area contributed by atoms with Crippen molar-refractivity contribution < 1.29 is 4.79 Å². The summed E-state index contributed by atoms with van der Waals surface area (Å²) >= 11 is 0. The van der Waals surface area contributed by atoms with Gasteiger partial charge in [-0.2, -0.15) is 5.10 Å². The zero-order valence-corrected chi connectivity index (χ0v) is 18.2. The van der Waals surface area contributed by atoms with Crippen molar-refractivity contribution in [3.05, 3.63) is 66.7 Å². The van der Waals surface area contributed by atoms with Crippen LogP contribution in [0.3, 0.4) is 0 Å². The number of anilines is 2. The highest BCUT2D eigenvalue weighted by Gasteiger charge is 2.16. The van der Waals surface area contributed by atoms with E-state index in [9.17, 15) is 4.79 Å². The minimum Gasteiger partial charge on any atom is -0.354 e. The molecule has 0 atom stereocenters. The molecule has 8 heteroatoms. The molecule has 1 amide bonds. The maximum absolute atomic E-state index is 12.7. The zero-order chi connectivity index (χ0) is 22.1. The Labute approximate surface area is 186 Å². The fraction of sp³-hybridized carbons (Fsp3) is 0.250. The Balaban J connectivity index is 1.31. The third-order valence-corrected chi connectivity index (χ3v) is 5.84. The van der Waals surface area contributed by atoms with Crippen molar-refractivity contribution in [2.45, 2.75) is 0 Å². The van der Waals surface area contributed by atoms with Crippen molar-refractivity contribution in [3.63, 3.8) is 0 Å². The minimum absolute atomic E-state index is 0.224. The van der Waals surface area contributed by atoms with E-state index in [1.54, 1.807) is 17.1 Å². The van der Waals surface area contributed by atoms with Crippen LogP contribution in [0, 0.1) is 0 Å². The van der Waals surface area contributed by atoms with Crippen molar-refractivity contribution in [3.8, 4) is 11.1 Å². The number of nitrogens with zero attached hydrogens (tertiary/aromatic N) is 6. The van der Waals surface area contributed by atoms with Gasteiger partial charge in [-0.3, -0.25) is 9.48 Å². The van der Waals surface area contributed by atoms with E-state index in [4.69, 9.17) is 0 Å². The molecule has 1 aromatic carbocycles. The summed E-state index contributed by atoms with van der Waals surface area (Å²) < 4.78 is 1.78. The number of aryl methyl sites for hydroxylation is 1. The van der Waals surface area contributed by atoms with Crippen LogP contribution in [0.15, 0.2) is 61.2 Å². The van der Waals surface area contributed by atoms with Gasteiger partial charge >= 0.3 is 0 Å². The van der Waals surface area contributed by atoms with Gasteiger partial charge in [-0.05, 0) is 42.3 Å². The number of aromatic nitrogens is 4. The number of likely N-dealkylation sites (N-methyl/N-ethyl adjacent to an activating group) is 1. The Bertz CT molecular complexity index is 1260. The van der Waals surface area contributed by atoms with Crippen LogP contribution in [0.5, 0.6) is 0 Å². The van der Waals surface area contributed by atoms with Crippen molar-refractivity contribution >= 4 is 28.3 Å². The fourth-order valence-electron chi connectivity index (χ4n) is 3.89. The molecule has 162 valence electrons. The predicted octanol–water partition coefficient (Wildman–Crippen LogP) is 3.03. The molecule has 1 aliphatic rings. The molecule has 0 spiro atoms. The summed E-state index contributed by atoms with van der Waals surface area (Å²) in [5.74, 6) is 1.19. The molecule has 32 heavy (non-hydrogen) atoms. The molecule has 5 rings (SSSR count). The predicted molar refractivity (Wildman–Crippen MR) is 126 cm³/mol. The minimum atomic E-state index is -0.224. The zero-order valence-electron chi connectivity index (χ0n) is 18.2. The maximum Gasteiger partial charge on any atom is 0.258 e. The van der Waals surface area contributed by atoms with Crippen molar-refractivity contribution in [1.82, 2.24) is 24.6 Å². The summed E-state index contributed by atoms with van der Waals surface area (Å²) in [5, 5.41) is 9.14. The number of piperazine rings is 1. The van der Waals surface area contributed by atoms with Gasteiger partial charge in [0, 0.05) is 62.8 Å². The largest absolute Gasteiger partial charge is 0.354 e. The van der Waals surface area contributed by atoms with Gasteiger partial charge in [0.15, 0.2) is 0 Å². The molecule has 4 heterocycles. The smallest absolute Gasteiger partial charge is 0.258 e. The number of nitrogens with one attached hydrogen (secondary N) is 1. The number of carbonyl (C=O) groups excluding carboxylic acids is 1. The number of pyridine rings is 2. The van der Waals surface area contributed by atoms with Crippen LogP contribution in [0.2, 0.25) is 0 Å². The summed E-state index contributed by atoms with van der Waals surface area (Å²) in [4.78, 5) is 26.2. The highest BCUT2D eigenvalue weighted by Crippen LogP contribution is 2.25. The standard InChI is InChI=1S/C24H25N7O/c1-29-7-9-31(10-8-29)23-6-5-19(14-26-23)24(32)28-22-12-20-11-17(3-4-18(20)13-25-22)21-15-27-30(2)16-21/h3-6,11-16H,7-10H2,1-2H3,(H,25,28,32). The first-order valence-electron chi connectivity index (χ1n) is 10.6. The van der Waals surface area contributed by atoms with E-state index in [1.165, 1.54) is 0 Å². The quantitative estimate of drug-likeness (QED) is 0.539. The second kappa shape index (κ2) is 8.39. The Morgan fingerprint density at radius 1 is 0.875 bits per heavy atom. The van der Waals surface area contributed by atoms with E-state index in [1.807, 2.05) is 49.8 Å². The number of carbonyl (C=O) groups is 1. The average Bonchev–Trinajstić information content (AvgIpc) is 3.25. The molecule has 8 nitrogen and oxygen atoms in total. The lowest BCUT2D eigenvalue weighted by molar-refractivity contribution is 0.102. The van der Waals surface area contributed by atoms with Crippen LogP contribution >= 0.6 is 0 Å². The topological polar surface area (TPSA) is 79.2 Å². The lowest BCUT2D eigenvalue weighted by Gasteiger charge is -2.33. The van der Waals surface area contributed by atoms with Gasteiger partial charge in [-0.15, -0.1) is 0 Å². The molecule has 0 saturated carbocycles. The van der Waals surface area contributed by atoms with E-state index >= 15 is 0 Å². The summed E-state index contributed by atoms with van der Waals surface area (Å²) in [7, 11) is 4.02. The summed E-state index contributed by atoms with van der Waals surface area (Å²) in [5.41, 5.74) is 2.62. The van der Waals surface area contributed by atoms with Gasteiger partial charge in [-0.1, -0.05) is 12.1 Å². The number of benzene rings is 1. The first kappa shape index (κ1) is 20.1. The van der Waals surface area contributed by atoms with Crippen LogP contribution in [-0.2, 0) is 7.05 Å². The number of amides is 1. The molecule has 1 N–H and O–H groups in total. The monoisotopic (exact) mass is 427 g/mol. The van der Waals surface area contributed by atoms with Crippen LogP contribution in [-0.4, -0.2) is 63.8 Å². The first-order chi connectivity index (χ1) is 15.5. The molecular formula is C24H25N7O. The first-order valence-corrected chi connectivity index (χ1v) is 10.6. The highest BCUT2D eigenvalue weighted by atomic mass is 16.1.